The molecule has 3 N–H and O–H groups in total. The highest BCUT2D eigenvalue weighted by Gasteiger charge is 2.30. The first-order valence-electron chi connectivity index (χ1n) is 11.7. The number of aromatic nitrogens is 3. The summed E-state index contributed by atoms with van der Waals surface area (Å²) in [6, 6.07) is 7.29. The van der Waals surface area contributed by atoms with Crippen LogP contribution in [0.5, 0.6) is 0 Å². The molecule has 1 aliphatic carbocycles. The molecule has 2 amide bonds. The Morgan fingerprint density at radius 2 is 2.06 bits per heavy atom. The lowest BCUT2D eigenvalue weighted by Gasteiger charge is -2.30. The lowest BCUT2D eigenvalue weighted by Crippen LogP contribution is -2.24. The number of fused-ring (bicyclic) bond motifs is 3. The maximum Gasteiger partial charge on any atom is 0.254 e. The molecule has 0 aromatic carbocycles. The molecule has 0 spiro atoms. The van der Waals surface area contributed by atoms with E-state index in [2.05, 4.69) is 25.6 Å². The second-order valence-electron chi connectivity index (χ2n) is 7.88. The zero-order chi connectivity index (χ0) is 24.7. The van der Waals surface area contributed by atoms with Gasteiger partial charge in [0, 0.05) is 60.8 Å². The Balaban J connectivity index is 1.55. The van der Waals surface area contributed by atoms with E-state index in [0.717, 1.165) is 35.3 Å². The Morgan fingerprint density at radius 3 is 2.88 bits per heavy atom. The Kier molecular flexibility index (Phi) is 4.12. The van der Waals surface area contributed by atoms with Crippen molar-refractivity contribution < 1.29 is 13.7 Å². The molecule has 1 saturated carbocycles. The minimum absolute atomic E-state index is 0.00179. The van der Waals surface area contributed by atoms with E-state index < -0.39 is 12.9 Å². The first-order chi connectivity index (χ1) is 16.7. The third-order valence-corrected chi connectivity index (χ3v) is 5.57. The van der Waals surface area contributed by atoms with Gasteiger partial charge in [0.1, 0.15) is 5.82 Å². The van der Waals surface area contributed by atoms with Gasteiger partial charge in [0.25, 0.3) is 5.91 Å². The number of rotatable bonds is 5. The lowest BCUT2D eigenvalue weighted by molar-refractivity contribution is -0.117. The van der Waals surface area contributed by atoms with E-state index in [-0.39, 0.29) is 28.9 Å². The van der Waals surface area contributed by atoms with Crippen LogP contribution < -0.4 is 20.9 Å². The molecule has 1 aliphatic heterocycles. The average molecular weight is 433 g/mol. The number of amides is 2. The molecular weight excluding hydrogens is 406 g/mol. The monoisotopic (exact) mass is 432 g/mol. The molecule has 4 heterocycles. The summed E-state index contributed by atoms with van der Waals surface area (Å²) in [4.78, 5) is 40.2. The summed E-state index contributed by atoms with van der Waals surface area (Å²) >= 11 is 0. The summed E-state index contributed by atoms with van der Waals surface area (Å²) in [5.41, 5.74) is 3.83. The summed E-state index contributed by atoms with van der Waals surface area (Å²) in [5, 5.41) is 7.91. The molecule has 5 rings (SSSR count). The van der Waals surface area contributed by atoms with E-state index in [9.17, 15) is 9.59 Å². The average Bonchev–Trinajstić information content (AvgIpc) is 3.64. The Morgan fingerprint density at radius 1 is 1.19 bits per heavy atom. The number of hydrogen-bond acceptors (Lipinski definition) is 7. The zero-order valence-corrected chi connectivity index (χ0v) is 17.3. The van der Waals surface area contributed by atoms with Crippen LogP contribution in [0.3, 0.4) is 0 Å². The van der Waals surface area contributed by atoms with Gasteiger partial charge in [0.05, 0.1) is 22.6 Å². The summed E-state index contributed by atoms with van der Waals surface area (Å²) in [5.74, 6) is -0.295. The van der Waals surface area contributed by atoms with E-state index in [1.807, 2.05) is 35.5 Å². The van der Waals surface area contributed by atoms with Crippen molar-refractivity contribution in [2.45, 2.75) is 19.4 Å². The van der Waals surface area contributed by atoms with Crippen molar-refractivity contribution in [3.05, 3.63) is 54.0 Å². The third kappa shape index (κ3) is 3.62. The van der Waals surface area contributed by atoms with Gasteiger partial charge in [-0.2, -0.15) is 0 Å². The highest BCUT2D eigenvalue weighted by atomic mass is 16.2. The van der Waals surface area contributed by atoms with Gasteiger partial charge in [-0.15, -0.1) is 0 Å². The molecule has 0 bridgehead atoms. The number of carbonyl (C=O) groups excluding carboxylic acids is 2. The smallest absolute Gasteiger partial charge is 0.254 e. The standard InChI is InChI=1S/C23H23N7O2/c1-24-23(32)16-11-27-18(29-22(31)13-5-6-13)10-17(16)28-21-20-15(7-9-26-21)19-14(12-30(20)2)4-3-8-25-19/h3-4,7-11,13H,5-6,12H2,1-2H3,(H,24,32)(H2,26,27,28,29,31)/i1D3. The van der Waals surface area contributed by atoms with E-state index in [4.69, 9.17) is 4.11 Å². The molecule has 0 radical (unpaired) electrons. The molecule has 32 heavy (non-hydrogen) atoms. The van der Waals surface area contributed by atoms with Crippen molar-refractivity contribution in [3.63, 3.8) is 0 Å². The molecule has 2 aliphatic rings. The lowest BCUT2D eigenvalue weighted by atomic mass is 9.99. The number of nitrogens with zero attached hydrogens (tertiary/aromatic N) is 4. The van der Waals surface area contributed by atoms with Gasteiger partial charge in [-0.25, -0.2) is 9.97 Å². The van der Waals surface area contributed by atoms with E-state index >= 15 is 0 Å². The van der Waals surface area contributed by atoms with Crippen molar-refractivity contribution in [1.82, 2.24) is 20.3 Å². The molecule has 0 saturated heterocycles. The fourth-order valence-corrected chi connectivity index (χ4v) is 3.84. The normalized spacial score (nSPS) is 16.0. The first-order valence-corrected chi connectivity index (χ1v) is 10.2. The molecule has 9 heteroatoms. The summed E-state index contributed by atoms with van der Waals surface area (Å²) in [6.45, 7) is -2.06. The molecule has 3 aromatic rings. The first kappa shape index (κ1) is 16.7. The van der Waals surface area contributed by atoms with Crippen molar-refractivity contribution in [2.24, 2.45) is 5.92 Å². The van der Waals surface area contributed by atoms with Crippen molar-refractivity contribution in [3.8, 4) is 11.3 Å². The third-order valence-electron chi connectivity index (χ3n) is 5.57. The van der Waals surface area contributed by atoms with E-state index in [0.29, 0.717) is 12.4 Å². The number of pyridine rings is 3. The Labute approximate surface area is 189 Å². The van der Waals surface area contributed by atoms with Crippen molar-refractivity contribution in [1.29, 1.82) is 0 Å². The van der Waals surface area contributed by atoms with Crippen LogP contribution in [0.25, 0.3) is 11.3 Å². The summed E-state index contributed by atoms with van der Waals surface area (Å²) < 4.78 is 22.2. The van der Waals surface area contributed by atoms with Crippen molar-refractivity contribution >= 4 is 34.8 Å². The van der Waals surface area contributed by atoms with Crippen LogP contribution in [0.2, 0.25) is 0 Å². The summed E-state index contributed by atoms with van der Waals surface area (Å²) in [6.07, 6.45) is 6.27. The van der Waals surface area contributed by atoms with Crippen LogP contribution in [-0.2, 0) is 11.3 Å². The number of carbonyl (C=O) groups is 2. The topological polar surface area (TPSA) is 112 Å². The SMILES string of the molecule is [2H]C([2H])([2H])NC(=O)c1cnc(NC(=O)C2CC2)cc1Nc1nccc2c1N(C)Cc1cccnc1-2. The quantitative estimate of drug-likeness (QED) is 0.568. The predicted molar refractivity (Wildman–Crippen MR) is 122 cm³/mol. The van der Waals surface area contributed by atoms with Crippen LogP contribution >= 0.6 is 0 Å². The van der Waals surface area contributed by atoms with Crippen LogP contribution in [0.4, 0.5) is 23.0 Å². The van der Waals surface area contributed by atoms with Gasteiger partial charge >= 0.3 is 0 Å². The molecular formula is C23H23N7O2. The van der Waals surface area contributed by atoms with E-state index in [1.165, 1.54) is 12.3 Å². The van der Waals surface area contributed by atoms with Gasteiger partial charge in [0.2, 0.25) is 5.91 Å². The van der Waals surface area contributed by atoms with Gasteiger partial charge in [-0.3, -0.25) is 14.6 Å². The second-order valence-corrected chi connectivity index (χ2v) is 7.88. The number of hydrogen-bond donors (Lipinski definition) is 3. The fraction of sp³-hybridized carbons (Fsp3) is 0.261. The van der Waals surface area contributed by atoms with Crippen molar-refractivity contribution in [2.75, 3.05) is 29.6 Å². The molecule has 3 aromatic heterocycles. The number of anilines is 4. The maximum atomic E-state index is 12.8. The van der Waals surface area contributed by atoms with Crippen LogP contribution in [0.15, 0.2) is 42.9 Å². The van der Waals surface area contributed by atoms with E-state index in [1.54, 1.807) is 12.4 Å². The van der Waals surface area contributed by atoms with Gasteiger partial charge in [-0.05, 0) is 30.5 Å². The molecule has 0 unspecified atom stereocenters. The van der Waals surface area contributed by atoms with Gasteiger partial charge in [0.15, 0.2) is 5.82 Å². The minimum Gasteiger partial charge on any atom is -0.367 e. The highest BCUT2D eigenvalue weighted by Crippen LogP contribution is 2.42. The summed E-state index contributed by atoms with van der Waals surface area (Å²) in [7, 11) is 1.93. The minimum atomic E-state index is -2.67. The van der Waals surface area contributed by atoms with Gasteiger partial charge in [-0.1, -0.05) is 6.07 Å². The Hall–Kier alpha value is -4.01. The molecule has 9 nitrogen and oxygen atoms in total. The van der Waals surface area contributed by atoms with Gasteiger partial charge < -0.3 is 20.9 Å². The highest BCUT2D eigenvalue weighted by molar-refractivity contribution is 6.02. The Bertz CT molecular complexity index is 1320. The van der Waals surface area contributed by atoms with Crippen LogP contribution in [0, 0.1) is 5.92 Å². The fourth-order valence-electron chi connectivity index (χ4n) is 3.84. The van der Waals surface area contributed by atoms with Crippen LogP contribution in [-0.4, -0.2) is 40.8 Å². The second kappa shape index (κ2) is 7.92. The number of nitrogens with one attached hydrogen (secondary N) is 3. The van der Waals surface area contributed by atoms with Crippen LogP contribution in [0.1, 0.15) is 32.9 Å². The zero-order valence-electron chi connectivity index (χ0n) is 20.3. The largest absolute Gasteiger partial charge is 0.367 e. The molecule has 1 fully saturated rings. The maximum absolute atomic E-state index is 12.8. The predicted octanol–water partition coefficient (Wildman–Crippen LogP) is 2.94. The molecule has 162 valence electrons. The molecule has 0 atom stereocenters.